The Morgan fingerprint density at radius 3 is 2.62 bits per heavy atom. The summed E-state index contributed by atoms with van der Waals surface area (Å²) in [6.45, 7) is 3.46. The average molecular weight is 532 g/mol. The number of ether oxygens (including phenoxy) is 1. The number of nitrogens with zero attached hydrogens (tertiary/aromatic N) is 3. The van der Waals surface area contributed by atoms with Gasteiger partial charge >= 0.3 is 0 Å². The highest BCUT2D eigenvalue weighted by Crippen LogP contribution is 2.44. The minimum Gasteiger partial charge on any atom is -0.495 e. The second-order valence-electron chi connectivity index (χ2n) is 8.80. The summed E-state index contributed by atoms with van der Waals surface area (Å²) in [6.07, 6.45) is 3.81. The Bertz CT molecular complexity index is 1470. The zero-order valence-corrected chi connectivity index (χ0v) is 22.2. The molecule has 2 aromatic carbocycles. The molecule has 2 atom stereocenters. The van der Waals surface area contributed by atoms with E-state index in [4.69, 9.17) is 28.6 Å². The van der Waals surface area contributed by atoms with Crippen molar-refractivity contribution in [1.82, 2.24) is 14.9 Å². The van der Waals surface area contributed by atoms with Gasteiger partial charge in [-0.15, -0.1) is 0 Å². The number of benzene rings is 2. The molecule has 1 aliphatic rings. The molecule has 0 spiro atoms. The molecule has 2 aromatic heterocycles. The van der Waals surface area contributed by atoms with Crippen LogP contribution in [-0.4, -0.2) is 27.7 Å². The van der Waals surface area contributed by atoms with Gasteiger partial charge in [0.2, 0.25) is 5.91 Å². The van der Waals surface area contributed by atoms with E-state index in [0.29, 0.717) is 16.5 Å². The quantitative estimate of drug-likeness (QED) is 0.298. The number of anilines is 2. The van der Waals surface area contributed by atoms with Crippen LogP contribution in [0.5, 0.6) is 5.75 Å². The first-order valence-electron chi connectivity index (χ1n) is 11.8. The van der Waals surface area contributed by atoms with Gasteiger partial charge in [-0.05, 0) is 85.4 Å². The van der Waals surface area contributed by atoms with Gasteiger partial charge in [0.15, 0.2) is 5.11 Å². The van der Waals surface area contributed by atoms with Gasteiger partial charge in [-0.3, -0.25) is 9.78 Å². The van der Waals surface area contributed by atoms with Crippen molar-refractivity contribution >= 4 is 46.2 Å². The van der Waals surface area contributed by atoms with Gasteiger partial charge < -0.3 is 24.8 Å². The van der Waals surface area contributed by atoms with Crippen molar-refractivity contribution < 1.29 is 9.53 Å². The lowest BCUT2D eigenvalue weighted by molar-refractivity contribution is -0.114. The average Bonchev–Trinajstić information content (AvgIpc) is 3.50. The molecule has 9 heteroatoms. The Balaban J connectivity index is 1.67. The normalized spacial score (nSPS) is 17.0. The van der Waals surface area contributed by atoms with E-state index in [1.165, 1.54) is 6.92 Å². The number of aryl methyl sites for hydroxylation is 1. The fraction of sp³-hybridized carbons (Fsp3) is 0.179. The molecule has 2 N–H and O–H groups in total. The van der Waals surface area contributed by atoms with Crippen LogP contribution in [-0.2, 0) is 4.79 Å². The topological polar surface area (TPSA) is 71.4 Å². The summed E-state index contributed by atoms with van der Waals surface area (Å²) in [5, 5.41) is 7.62. The molecule has 1 aliphatic heterocycles. The number of hydrogen-bond donors (Lipinski definition) is 2. The molecule has 4 aromatic rings. The smallest absolute Gasteiger partial charge is 0.221 e. The van der Waals surface area contributed by atoms with Gasteiger partial charge in [-0.2, -0.15) is 0 Å². The monoisotopic (exact) mass is 531 g/mol. The summed E-state index contributed by atoms with van der Waals surface area (Å²) in [5.74, 6) is 0.377. The summed E-state index contributed by atoms with van der Waals surface area (Å²) in [5.41, 5.74) is 5.25. The number of thiocarbonyl (C=S) groups is 1. The van der Waals surface area contributed by atoms with Gasteiger partial charge in [0, 0.05) is 41.4 Å². The van der Waals surface area contributed by atoms with Crippen LogP contribution < -0.4 is 20.3 Å². The maximum atomic E-state index is 11.9. The van der Waals surface area contributed by atoms with Crippen LogP contribution in [0.25, 0.3) is 5.69 Å². The van der Waals surface area contributed by atoms with Crippen molar-refractivity contribution in [3.63, 3.8) is 0 Å². The van der Waals surface area contributed by atoms with Crippen LogP contribution in [0.3, 0.4) is 0 Å². The standard InChI is InChI=1S/C28H26ClN5O2S/c1-17-15-19(9-11-21(17)29)33-14-6-8-24(33)27-26(22-7-4-5-13-30-22)32-28(37)34(27)20-10-12-25(36-3)23(16-20)31-18(2)35/h4-16,26-27H,1-3H3,(H,31,35)(H,32,37). The van der Waals surface area contributed by atoms with Gasteiger partial charge in [-0.1, -0.05) is 17.7 Å². The van der Waals surface area contributed by atoms with Crippen molar-refractivity contribution in [3.05, 3.63) is 101 Å². The Morgan fingerprint density at radius 2 is 1.92 bits per heavy atom. The molecule has 1 fully saturated rings. The fourth-order valence-electron chi connectivity index (χ4n) is 4.72. The van der Waals surface area contributed by atoms with Crippen molar-refractivity contribution in [3.8, 4) is 11.4 Å². The molecule has 0 saturated carbocycles. The molecule has 0 aliphatic carbocycles. The van der Waals surface area contributed by atoms with E-state index >= 15 is 0 Å². The number of carbonyl (C=O) groups excluding carboxylic acids is 1. The highest BCUT2D eigenvalue weighted by Gasteiger charge is 2.42. The van der Waals surface area contributed by atoms with Gasteiger partial charge in [0.05, 0.1) is 24.5 Å². The predicted octanol–water partition coefficient (Wildman–Crippen LogP) is 5.98. The van der Waals surface area contributed by atoms with Crippen LogP contribution in [0, 0.1) is 6.92 Å². The zero-order chi connectivity index (χ0) is 26.1. The van der Waals surface area contributed by atoms with E-state index < -0.39 is 0 Å². The second kappa shape index (κ2) is 10.2. The van der Waals surface area contributed by atoms with E-state index in [1.807, 2.05) is 67.7 Å². The maximum Gasteiger partial charge on any atom is 0.221 e. The zero-order valence-electron chi connectivity index (χ0n) is 20.6. The molecule has 37 heavy (non-hydrogen) atoms. The molecule has 7 nitrogen and oxygen atoms in total. The first kappa shape index (κ1) is 24.8. The number of methoxy groups -OCH3 is 1. The van der Waals surface area contributed by atoms with Crippen molar-refractivity contribution in [2.45, 2.75) is 25.9 Å². The summed E-state index contributed by atoms with van der Waals surface area (Å²) in [4.78, 5) is 18.6. The molecule has 1 saturated heterocycles. The molecule has 3 heterocycles. The lowest BCUT2D eigenvalue weighted by Gasteiger charge is -2.29. The number of halogens is 1. The molecule has 1 amide bonds. The van der Waals surface area contributed by atoms with E-state index in [0.717, 1.165) is 33.3 Å². The number of rotatable bonds is 6. The molecule has 2 unspecified atom stereocenters. The molecule has 0 bridgehead atoms. The minimum absolute atomic E-state index is 0.188. The maximum absolute atomic E-state index is 11.9. The summed E-state index contributed by atoms with van der Waals surface area (Å²) < 4.78 is 7.62. The third-order valence-corrected chi connectivity index (χ3v) is 7.11. The Labute approximate surface area is 226 Å². The summed E-state index contributed by atoms with van der Waals surface area (Å²) in [7, 11) is 1.57. The molecule has 5 rings (SSSR count). The first-order chi connectivity index (χ1) is 17.9. The highest BCUT2D eigenvalue weighted by molar-refractivity contribution is 7.80. The van der Waals surface area contributed by atoms with Crippen LogP contribution >= 0.6 is 23.8 Å². The largest absolute Gasteiger partial charge is 0.495 e. The van der Waals surface area contributed by atoms with E-state index in [9.17, 15) is 4.79 Å². The first-order valence-corrected chi connectivity index (χ1v) is 12.6. The summed E-state index contributed by atoms with van der Waals surface area (Å²) in [6, 6.07) is 21.1. The lowest BCUT2D eigenvalue weighted by Crippen LogP contribution is -2.30. The van der Waals surface area contributed by atoms with Crippen molar-refractivity contribution in [1.29, 1.82) is 0 Å². The SMILES string of the molecule is COc1ccc(N2C(=S)NC(c3ccccn3)C2c2cccn2-c2ccc(Cl)c(C)c2)cc1NC(C)=O. The predicted molar refractivity (Wildman–Crippen MR) is 151 cm³/mol. The van der Waals surface area contributed by atoms with Crippen molar-refractivity contribution in [2.24, 2.45) is 0 Å². The van der Waals surface area contributed by atoms with E-state index in [-0.39, 0.29) is 18.0 Å². The number of nitrogens with one attached hydrogen (secondary N) is 2. The Kier molecular flexibility index (Phi) is 6.86. The third kappa shape index (κ3) is 4.77. The number of carbonyl (C=O) groups is 1. The van der Waals surface area contributed by atoms with Gasteiger partial charge in [0.1, 0.15) is 11.8 Å². The number of aromatic nitrogens is 2. The second-order valence-corrected chi connectivity index (χ2v) is 9.59. The number of pyridine rings is 1. The van der Waals surface area contributed by atoms with Crippen LogP contribution in [0.1, 0.15) is 36.0 Å². The van der Waals surface area contributed by atoms with Gasteiger partial charge in [-0.25, -0.2) is 0 Å². The molecular weight excluding hydrogens is 506 g/mol. The van der Waals surface area contributed by atoms with Crippen LogP contribution in [0.2, 0.25) is 5.02 Å². The number of amides is 1. The van der Waals surface area contributed by atoms with E-state index in [1.54, 1.807) is 13.3 Å². The van der Waals surface area contributed by atoms with Crippen LogP contribution in [0.15, 0.2) is 79.1 Å². The third-order valence-electron chi connectivity index (χ3n) is 6.37. The van der Waals surface area contributed by atoms with Crippen LogP contribution in [0.4, 0.5) is 11.4 Å². The van der Waals surface area contributed by atoms with E-state index in [2.05, 4.69) is 37.2 Å². The Morgan fingerprint density at radius 1 is 1.11 bits per heavy atom. The summed E-state index contributed by atoms with van der Waals surface area (Å²) >= 11 is 12.2. The minimum atomic E-state index is -0.244. The number of hydrogen-bond acceptors (Lipinski definition) is 4. The van der Waals surface area contributed by atoms with Crippen molar-refractivity contribution in [2.75, 3.05) is 17.3 Å². The molecular formula is C28H26ClN5O2S. The molecule has 188 valence electrons. The Hall–Kier alpha value is -3.88. The fourth-order valence-corrected chi connectivity index (χ4v) is 5.18. The van der Waals surface area contributed by atoms with Gasteiger partial charge in [0.25, 0.3) is 0 Å². The molecule has 0 radical (unpaired) electrons. The highest BCUT2D eigenvalue weighted by atomic mass is 35.5. The lowest BCUT2D eigenvalue weighted by atomic mass is 10.0.